The number of halogens is 1. The van der Waals surface area contributed by atoms with E-state index in [9.17, 15) is 13.2 Å². The molecule has 1 spiro atoms. The zero-order valence-electron chi connectivity index (χ0n) is 31.1. The van der Waals surface area contributed by atoms with Crippen molar-refractivity contribution in [2.45, 2.75) is 89.1 Å². The number of rotatable bonds is 3. The van der Waals surface area contributed by atoms with Crippen LogP contribution < -0.4 is 14.4 Å². The normalized spacial score (nSPS) is 31.6. The van der Waals surface area contributed by atoms with Gasteiger partial charge in [-0.15, -0.1) is 0 Å². The first-order valence-corrected chi connectivity index (χ1v) is 21.3. The molecule has 2 aromatic rings. The smallest absolute Gasteiger partial charge is 0.264 e. The first-order chi connectivity index (χ1) is 25.0. The van der Waals surface area contributed by atoms with Gasteiger partial charge in [0.05, 0.1) is 17.5 Å². The van der Waals surface area contributed by atoms with Gasteiger partial charge in [0.2, 0.25) is 10.0 Å². The van der Waals surface area contributed by atoms with Crippen LogP contribution in [0.3, 0.4) is 0 Å². The zero-order chi connectivity index (χ0) is 36.5. The molecule has 4 heterocycles. The fraction of sp³-hybridized carbons (Fsp3) is 0.634. The van der Waals surface area contributed by atoms with Crippen LogP contribution in [-0.4, -0.2) is 83.1 Å². The fourth-order valence-electron chi connectivity index (χ4n) is 9.21. The molecule has 2 saturated heterocycles. The summed E-state index contributed by atoms with van der Waals surface area (Å²) in [7, 11) is -2.10. The number of piperidine rings is 1. The molecule has 284 valence electrons. The number of nitrogens with one attached hydrogen (secondary N) is 1. The number of sulfonamides is 1. The van der Waals surface area contributed by atoms with Crippen molar-refractivity contribution in [3.63, 3.8) is 0 Å². The minimum Gasteiger partial charge on any atom is -0.487 e. The highest BCUT2D eigenvalue weighted by Crippen LogP contribution is 2.48. The molecule has 2 aromatic carbocycles. The van der Waals surface area contributed by atoms with E-state index < -0.39 is 26.8 Å². The SMILES string of the molecule is CO[C@@]1(CN2CCC3(CCOC3)CC2)/C=C/C[C@H](C)[C@@H](C)S(=O)(=O)NC(=O)c2ccc3c(c2)N(CCCCc2cc(Cl)ccc2CO3)C[C@@H]2CC[C@H]21. The average molecular weight is 754 g/mol. The number of ether oxygens (including phenoxy) is 3. The Morgan fingerprint density at radius 1 is 1.02 bits per heavy atom. The summed E-state index contributed by atoms with van der Waals surface area (Å²) >= 11 is 6.41. The number of methoxy groups -OCH3 is 1. The molecule has 7 rings (SSSR count). The first-order valence-electron chi connectivity index (χ1n) is 19.4. The molecule has 11 heteroatoms. The molecular weight excluding hydrogens is 698 g/mol. The standard InChI is InChI=1S/C41H56ClN3O6S/c1-29-7-6-15-41(49-3,27-44-20-16-40(17-21-44)18-22-50-28-40)36-13-10-33(36)25-45-19-5-4-8-31-23-35(42)12-9-34(31)26-51-38-14-11-32(24-37(38)45)39(46)43-52(47,48)30(29)2/h6,9,11-12,14-15,23-24,29-30,33,36H,4-5,7-8,10,13,16-22,25-28H2,1-3H3,(H,43,46)/b15-6+/t29-,30+,33-,36+,41+/m0/s1. The largest absolute Gasteiger partial charge is 0.487 e. The van der Waals surface area contributed by atoms with Crippen LogP contribution in [0.25, 0.3) is 0 Å². The third-order valence-corrected chi connectivity index (χ3v) is 15.3. The molecule has 4 aliphatic heterocycles. The number of aryl methyl sites for hydroxylation is 1. The third-order valence-electron chi connectivity index (χ3n) is 13.1. The number of anilines is 1. The molecule has 1 aliphatic carbocycles. The zero-order valence-corrected chi connectivity index (χ0v) is 32.7. The van der Waals surface area contributed by atoms with Crippen LogP contribution in [0, 0.1) is 23.2 Å². The van der Waals surface area contributed by atoms with Crippen LogP contribution in [0.4, 0.5) is 5.69 Å². The second-order valence-electron chi connectivity index (χ2n) is 16.3. The Kier molecular flexibility index (Phi) is 11.3. The lowest BCUT2D eigenvalue weighted by atomic mass is 9.63. The second kappa shape index (κ2) is 15.6. The summed E-state index contributed by atoms with van der Waals surface area (Å²) in [5.74, 6) is 0.486. The Morgan fingerprint density at radius 2 is 1.85 bits per heavy atom. The minimum atomic E-state index is -3.95. The molecule has 1 N–H and O–H groups in total. The molecule has 1 saturated carbocycles. The summed E-state index contributed by atoms with van der Waals surface area (Å²) in [6, 6.07) is 11.3. The molecule has 52 heavy (non-hydrogen) atoms. The van der Waals surface area contributed by atoms with Crippen molar-refractivity contribution in [3.05, 3.63) is 70.3 Å². The van der Waals surface area contributed by atoms with Crippen LogP contribution in [0.2, 0.25) is 5.02 Å². The van der Waals surface area contributed by atoms with Gasteiger partial charge in [-0.1, -0.05) is 36.7 Å². The van der Waals surface area contributed by atoms with Crippen molar-refractivity contribution in [2.24, 2.45) is 23.2 Å². The summed E-state index contributed by atoms with van der Waals surface area (Å²) in [4.78, 5) is 18.6. The first kappa shape index (κ1) is 37.7. The monoisotopic (exact) mass is 753 g/mol. The summed E-state index contributed by atoms with van der Waals surface area (Å²) < 4.78 is 48.6. The lowest BCUT2D eigenvalue weighted by Crippen LogP contribution is -2.57. The summed E-state index contributed by atoms with van der Waals surface area (Å²) in [6.45, 7) is 10.2. The van der Waals surface area contributed by atoms with Gasteiger partial charge in [-0.25, -0.2) is 13.1 Å². The number of amides is 1. The summed E-state index contributed by atoms with van der Waals surface area (Å²) in [5, 5.41) is -0.0553. The van der Waals surface area contributed by atoms with Gasteiger partial charge in [-0.2, -0.15) is 0 Å². The maximum atomic E-state index is 13.6. The van der Waals surface area contributed by atoms with Crippen LogP contribution in [0.15, 0.2) is 48.6 Å². The Labute approximate surface area is 315 Å². The number of nitrogens with zero attached hydrogens (tertiary/aromatic N) is 2. The van der Waals surface area contributed by atoms with E-state index in [1.807, 2.05) is 44.4 Å². The van der Waals surface area contributed by atoms with Gasteiger partial charge in [-0.05, 0) is 142 Å². The number of carbonyl (C=O) groups is 1. The number of benzene rings is 2. The Bertz CT molecular complexity index is 1740. The second-order valence-corrected chi connectivity index (χ2v) is 18.7. The van der Waals surface area contributed by atoms with Gasteiger partial charge in [0, 0.05) is 43.9 Å². The van der Waals surface area contributed by atoms with E-state index in [0.29, 0.717) is 35.7 Å². The maximum absolute atomic E-state index is 13.6. The van der Waals surface area contributed by atoms with Crippen LogP contribution in [-0.2, 0) is 32.5 Å². The lowest BCUT2D eigenvalue weighted by Gasteiger charge is -2.52. The van der Waals surface area contributed by atoms with E-state index in [2.05, 4.69) is 26.7 Å². The van der Waals surface area contributed by atoms with Gasteiger partial charge in [0.25, 0.3) is 5.91 Å². The molecule has 5 aliphatic rings. The lowest BCUT2D eigenvalue weighted by molar-refractivity contribution is -0.0971. The Morgan fingerprint density at radius 3 is 2.58 bits per heavy atom. The van der Waals surface area contributed by atoms with E-state index in [-0.39, 0.29) is 11.8 Å². The van der Waals surface area contributed by atoms with Crippen molar-refractivity contribution >= 4 is 33.2 Å². The van der Waals surface area contributed by atoms with E-state index in [1.54, 1.807) is 13.0 Å². The highest BCUT2D eigenvalue weighted by molar-refractivity contribution is 7.90. The van der Waals surface area contributed by atoms with Crippen molar-refractivity contribution in [3.8, 4) is 5.75 Å². The third kappa shape index (κ3) is 7.92. The molecular formula is C41H56ClN3O6S. The number of allylic oxidation sites excluding steroid dienone is 1. The van der Waals surface area contributed by atoms with E-state index in [0.717, 1.165) is 114 Å². The molecule has 0 unspecified atom stereocenters. The number of hydrogen-bond acceptors (Lipinski definition) is 8. The minimum absolute atomic E-state index is 0.215. The number of carbonyl (C=O) groups excluding carboxylic acids is 1. The quantitative estimate of drug-likeness (QED) is 0.335. The average Bonchev–Trinajstić information content (AvgIpc) is 3.57. The predicted molar refractivity (Wildman–Crippen MR) is 206 cm³/mol. The van der Waals surface area contributed by atoms with Gasteiger partial charge in [-0.3, -0.25) is 4.79 Å². The van der Waals surface area contributed by atoms with Gasteiger partial charge in [0.1, 0.15) is 18.0 Å². The van der Waals surface area contributed by atoms with Gasteiger partial charge in [0.15, 0.2) is 0 Å². The topological polar surface area (TPSA) is 97.4 Å². The molecule has 0 aromatic heterocycles. The predicted octanol–water partition coefficient (Wildman–Crippen LogP) is 7.02. The van der Waals surface area contributed by atoms with Crippen LogP contribution in [0.5, 0.6) is 5.75 Å². The number of likely N-dealkylation sites (tertiary alicyclic amines) is 1. The van der Waals surface area contributed by atoms with Crippen molar-refractivity contribution in [1.82, 2.24) is 9.62 Å². The molecule has 2 bridgehead atoms. The highest BCUT2D eigenvalue weighted by Gasteiger charge is 2.49. The fourth-order valence-corrected chi connectivity index (χ4v) is 10.7. The van der Waals surface area contributed by atoms with E-state index >= 15 is 0 Å². The maximum Gasteiger partial charge on any atom is 0.264 e. The molecule has 1 amide bonds. The number of fused-ring (bicyclic) bond motifs is 3. The molecule has 9 nitrogen and oxygen atoms in total. The Balaban J connectivity index is 1.24. The van der Waals surface area contributed by atoms with E-state index in [1.165, 1.54) is 5.56 Å². The van der Waals surface area contributed by atoms with E-state index in [4.69, 9.17) is 25.8 Å². The Hall–Kier alpha value is -2.63. The molecule has 0 radical (unpaired) electrons. The van der Waals surface area contributed by atoms with Crippen molar-refractivity contribution in [2.75, 3.05) is 57.9 Å². The number of hydrogen-bond donors (Lipinski definition) is 1. The van der Waals surface area contributed by atoms with Crippen molar-refractivity contribution < 1.29 is 27.4 Å². The highest BCUT2D eigenvalue weighted by atomic mass is 35.5. The summed E-state index contributed by atoms with van der Waals surface area (Å²) in [6.07, 6.45) is 13.4. The molecule has 5 atom stereocenters. The van der Waals surface area contributed by atoms with Crippen LogP contribution >= 0.6 is 11.6 Å². The van der Waals surface area contributed by atoms with Gasteiger partial charge >= 0.3 is 0 Å². The van der Waals surface area contributed by atoms with Gasteiger partial charge < -0.3 is 24.0 Å². The summed E-state index contributed by atoms with van der Waals surface area (Å²) in [5.41, 5.74) is 3.22. The molecule has 3 fully saturated rings. The van der Waals surface area contributed by atoms with Crippen molar-refractivity contribution in [1.29, 1.82) is 0 Å². The van der Waals surface area contributed by atoms with Crippen LogP contribution in [0.1, 0.15) is 86.7 Å².